The highest BCUT2D eigenvalue weighted by Crippen LogP contribution is 2.40. The largest absolute Gasteiger partial charge is 0.480 e. The first-order valence-corrected chi connectivity index (χ1v) is 11.6. The molecule has 0 aliphatic carbocycles. The van der Waals surface area contributed by atoms with Gasteiger partial charge in [0.1, 0.15) is 12.4 Å². The normalized spacial score (nSPS) is 15.2. The number of aliphatic carboxylic acids is 1. The zero-order valence-corrected chi connectivity index (χ0v) is 19.8. The number of aromatic nitrogens is 2. The quantitative estimate of drug-likeness (QED) is 0.472. The van der Waals surface area contributed by atoms with Crippen LogP contribution in [0.1, 0.15) is 36.2 Å². The van der Waals surface area contributed by atoms with E-state index in [0.717, 1.165) is 5.69 Å². The fourth-order valence-electron chi connectivity index (χ4n) is 4.66. The smallest absolute Gasteiger partial charge is 0.321 e. The van der Waals surface area contributed by atoms with Crippen LogP contribution < -0.4 is 0 Å². The first kappa shape index (κ1) is 24.2. The molecule has 2 aromatic carbocycles. The second-order valence-electron chi connectivity index (χ2n) is 8.95. The van der Waals surface area contributed by atoms with E-state index in [0.29, 0.717) is 40.4 Å². The van der Waals surface area contributed by atoms with Crippen molar-refractivity contribution >= 4 is 17.6 Å². The predicted molar refractivity (Wildman–Crippen MR) is 127 cm³/mol. The fraction of sp³-hybridized carbons (Fsp3) is 0.346. The number of rotatable bonds is 7. The molecule has 4 rings (SSSR count). The topological polar surface area (TPSA) is 66.3 Å². The minimum absolute atomic E-state index is 0.108. The van der Waals surface area contributed by atoms with Crippen LogP contribution in [0.15, 0.2) is 54.9 Å². The van der Waals surface area contributed by atoms with E-state index in [9.17, 15) is 9.90 Å². The molecule has 34 heavy (non-hydrogen) atoms. The van der Waals surface area contributed by atoms with E-state index in [1.165, 1.54) is 12.4 Å². The van der Waals surface area contributed by atoms with Crippen molar-refractivity contribution in [1.82, 2.24) is 14.9 Å². The zero-order valence-electron chi connectivity index (χ0n) is 19.0. The Labute approximate surface area is 202 Å². The summed E-state index contributed by atoms with van der Waals surface area (Å²) in [6, 6.07) is 12.1. The Hall–Kier alpha value is -2.90. The van der Waals surface area contributed by atoms with Crippen molar-refractivity contribution in [1.29, 1.82) is 0 Å². The standard InChI is InChI=1S/C26H26ClF2N3O2/c1-16(2)24(25(33)34)32-12-11-22-20(14-32)23(31-15-30-22)19-5-3-4-6-21(19)26(28,29)13-17-7-9-18(27)10-8-17/h3-10,15-16,24H,11-14H2,1-2H3,(H,33,34). The van der Waals surface area contributed by atoms with Crippen molar-refractivity contribution in [2.45, 2.75) is 45.2 Å². The fourth-order valence-corrected chi connectivity index (χ4v) is 4.78. The highest BCUT2D eigenvalue weighted by atomic mass is 35.5. The van der Waals surface area contributed by atoms with E-state index in [-0.39, 0.29) is 18.0 Å². The Bertz CT molecular complexity index is 1180. The van der Waals surface area contributed by atoms with Gasteiger partial charge in [0, 0.05) is 47.6 Å². The minimum atomic E-state index is -3.15. The van der Waals surface area contributed by atoms with Gasteiger partial charge in [-0.05, 0) is 23.6 Å². The number of carbonyl (C=O) groups is 1. The van der Waals surface area contributed by atoms with Gasteiger partial charge in [0.2, 0.25) is 0 Å². The van der Waals surface area contributed by atoms with Crippen LogP contribution >= 0.6 is 11.6 Å². The Morgan fingerprint density at radius 3 is 2.53 bits per heavy atom. The number of alkyl halides is 2. The lowest BCUT2D eigenvalue weighted by molar-refractivity contribution is -0.145. The van der Waals surface area contributed by atoms with Crippen LogP contribution in [0.2, 0.25) is 5.02 Å². The molecule has 3 aromatic rings. The molecular formula is C26H26ClF2N3O2. The highest BCUT2D eigenvalue weighted by molar-refractivity contribution is 6.30. The molecular weight excluding hydrogens is 460 g/mol. The van der Waals surface area contributed by atoms with Gasteiger partial charge in [0.15, 0.2) is 0 Å². The Morgan fingerprint density at radius 1 is 1.15 bits per heavy atom. The lowest BCUT2D eigenvalue weighted by Gasteiger charge is -2.35. The Balaban J connectivity index is 1.74. The van der Waals surface area contributed by atoms with E-state index in [4.69, 9.17) is 11.6 Å². The van der Waals surface area contributed by atoms with Crippen LogP contribution in [0.4, 0.5) is 8.78 Å². The summed E-state index contributed by atoms with van der Waals surface area (Å²) in [5.74, 6) is -4.16. The molecule has 8 heteroatoms. The molecule has 5 nitrogen and oxygen atoms in total. The van der Waals surface area contributed by atoms with E-state index in [1.54, 1.807) is 42.5 Å². The second-order valence-corrected chi connectivity index (χ2v) is 9.38. The van der Waals surface area contributed by atoms with Crippen molar-refractivity contribution in [3.63, 3.8) is 0 Å². The molecule has 1 aliphatic heterocycles. The number of carboxylic acid groups (broad SMARTS) is 1. The van der Waals surface area contributed by atoms with Crippen LogP contribution in [0.3, 0.4) is 0 Å². The molecule has 1 aliphatic rings. The van der Waals surface area contributed by atoms with Crippen molar-refractivity contribution in [2.24, 2.45) is 5.92 Å². The minimum Gasteiger partial charge on any atom is -0.480 e. The average Bonchev–Trinajstić information content (AvgIpc) is 2.79. The van der Waals surface area contributed by atoms with Gasteiger partial charge in [-0.3, -0.25) is 9.69 Å². The molecule has 0 radical (unpaired) electrons. The van der Waals surface area contributed by atoms with Crippen LogP contribution in [0, 0.1) is 5.92 Å². The average molecular weight is 486 g/mol. The van der Waals surface area contributed by atoms with Gasteiger partial charge in [-0.15, -0.1) is 0 Å². The Kier molecular flexibility index (Phi) is 6.96. The SMILES string of the molecule is CC(C)C(C(=O)O)N1CCc2ncnc(-c3ccccc3C(F)(F)Cc3ccc(Cl)cc3)c2C1. The maximum Gasteiger partial charge on any atom is 0.321 e. The zero-order chi connectivity index (χ0) is 24.5. The van der Waals surface area contributed by atoms with Gasteiger partial charge in [-0.25, -0.2) is 18.7 Å². The van der Waals surface area contributed by atoms with E-state index in [1.807, 2.05) is 18.7 Å². The lowest BCUT2D eigenvalue weighted by atomic mass is 9.90. The van der Waals surface area contributed by atoms with E-state index >= 15 is 8.78 Å². The van der Waals surface area contributed by atoms with E-state index < -0.39 is 24.4 Å². The third kappa shape index (κ3) is 4.95. The Morgan fingerprint density at radius 2 is 1.85 bits per heavy atom. The lowest BCUT2D eigenvalue weighted by Crippen LogP contribution is -2.47. The highest BCUT2D eigenvalue weighted by Gasteiger charge is 2.37. The van der Waals surface area contributed by atoms with Gasteiger partial charge >= 0.3 is 5.97 Å². The van der Waals surface area contributed by atoms with Gasteiger partial charge in [-0.1, -0.05) is 61.8 Å². The third-order valence-corrected chi connectivity index (χ3v) is 6.48. The first-order chi connectivity index (χ1) is 16.2. The predicted octanol–water partition coefficient (Wildman–Crippen LogP) is 5.60. The summed E-state index contributed by atoms with van der Waals surface area (Å²) in [4.78, 5) is 22.6. The van der Waals surface area contributed by atoms with Gasteiger partial charge in [0.25, 0.3) is 5.92 Å². The molecule has 0 fully saturated rings. The molecule has 1 unspecified atom stereocenters. The number of nitrogens with zero attached hydrogens (tertiary/aromatic N) is 3. The first-order valence-electron chi connectivity index (χ1n) is 11.2. The number of hydrogen-bond donors (Lipinski definition) is 1. The van der Waals surface area contributed by atoms with Crippen LogP contribution in [0.5, 0.6) is 0 Å². The molecule has 2 heterocycles. The van der Waals surface area contributed by atoms with Crippen molar-refractivity contribution in [3.05, 3.63) is 82.3 Å². The number of hydrogen-bond acceptors (Lipinski definition) is 4. The van der Waals surface area contributed by atoms with Crippen molar-refractivity contribution in [2.75, 3.05) is 6.54 Å². The molecule has 1 N–H and O–H groups in total. The summed E-state index contributed by atoms with van der Waals surface area (Å²) in [5, 5.41) is 10.2. The summed E-state index contributed by atoms with van der Waals surface area (Å²) in [7, 11) is 0. The summed E-state index contributed by atoms with van der Waals surface area (Å²) >= 11 is 5.90. The summed E-state index contributed by atoms with van der Waals surface area (Å²) in [6.45, 7) is 4.55. The maximum absolute atomic E-state index is 15.6. The van der Waals surface area contributed by atoms with E-state index in [2.05, 4.69) is 9.97 Å². The molecule has 0 amide bonds. The summed E-state index contributed by atoms with van der Waals surface area (Å²) in [6.07, 6.45) is 1.45. The third-order valence-electron chi connectivity index (χ3n) is 6.23. The summed E-state index contributed by atoms with van der Waals surface area (Å²) in [5.41, 5.74) is 2.58. The monoisotopic (exact) mass is 485 g/mol. The molecule has 1 atom stereocenters. The van der Waals surface area contributed by atoms with Gasteiger partial charge in [0.05, 0.1) is 11.4 Å². The number of halogens is 3. The van der Waals surface area contributed by atoms with Crippen molar-refractivity contribution in [3.8, 4) is 11.3 Å². The van der Waals surface area contributed by atoms with Crippen LogP contribution in [-0.2, 0) is 30.1 Å². The van der Waals surface area contributed by atoms with Crippen LogP contribution in [-0.4, -0.2) is 38.5 Å². The number of fused-ring (bicyclic) bond motifs is 1. The number of benzene rings is 2. The molecule has 0 bridgehead atoms. The number of carboxylic acids is 1. The summed E-state index contributed by atoms with van der Waals surface area (Å²) < 4.78 is 31.1. The maximum atomic E-state index is 15.6. The van der Waals surface area contributed by atoms with Crippen molar-refractivity contribution < 1.29 is 18.7 Å². The van der Waals surface area contributed by atoms with Gasteiger partial charge < -0.3 is 5.11 Å². The molecule has 178 valence electrons. The molecule has 0 spiro atoms. The van der Waals surface area contributed by atoms with Gasteiger partial charge in [-0.2, -0.15) is 0 Å². The molecule has 0 saturated carbocycles. The second kappa shape index (κ2) is 9.76. The molecule has 0 saturated heterocycles. The van der Waals surface area contributed by atoms with Crippen LogP contribution in [0.25, 0.3) is 11.3 Å². The molecule has 1 aromatic heterocycles.